The predicted molar refractivity (Wildman–Crippen MR) is 80.0 cm³/mol. The van der Waals surface area contributed by atoms with E-state index in [1.807, 2.05) is 0 Å². The van der Waals surface area contributed by atoms with Gasteiger partial charge in [0.2, 0.25) is 0 Å². The maximum atomic E-state index is 2.30. The van der Waals surface area contributed by atoms with E-state index in [4.69, 9.17) is 0 Å². The van der Waals surface area contributed by atoms with Crippen LogP contribution >= 0.6 is 0 Å². The van der Waals surface area contributed by atoms with E-state index < -0.39 is 0 Å². The molecule has 1 aliphatic carbocycles. The van der Waals surface area contributed by atoms with Gasteiger partial charge in [-0.05, 0) is 22.3 Å². The molecule has 2 aromatic carbocycles. The van der Waals surface area contributed by atoms with E-state index in [0.717, 1.165) is 0 Å². The van der Waals surface area contributed by atoms with E-state index in [9.17, 15) is 0 Å². The van der Waals surface area contributed by atoms with Crippen molar-refractivity contribution in [2.75, 3.05) is 0 Å². The van der Waals surface area contributed by atoms with E-state index in [-0.39, 0.29) is 5.41 Å². The minimum absolute atomic E-state index is 0.160. The summed E-state index contributed by atoms with van der Waals surface area (Å²) in [5, 5.41) is 0. The summed E-state index contributed by atoms with van der Waals surface area (Å²) in [5.41, 5.74) is 5.86. The summed E-state index contributed by atoms with van der Waals surface area (Å²) in [6.45, 7) is 8.86. The Bertz CT molecular complexity index is 488. The molecule has 0 amide bonds. The molecule has 18 heavy (non-hydrogen) atoms. The van der Waals surface area contributed by atoms with E-state index in [0.29, 0.717) is 0 Å². The summed E-state index contributed by atoms with van der Waals surface area (Å²) in [6.07, 6.45) is 1.25. The lowest BCUT2D eigenvalue weighted by molar-refractivity contribution is 0.660. The summed E-state index contributed by atoms with van der Waals surface area (Å²) in [7, 11) is 0. The molecule has 0 aliphatic heterocycles. The van der Waals surface area contributed by atoms with Gasteiger partial charge >= 0.3 is 0 Å². The molecule has 0 atom stereocenters. The monoisotopic (exact) mass is 238 g/mol. The van der Waals surface area contributed by atoms with Crippen molar-refractivity contribution in [3.8, 4) is 11.1 Å². The maximum Gasteiger partial charge on any atom is 0.0158 e. The Kier molecular flexibility index (Phi) is 3.56. The second-order valence-electron chi connectivity index (χ2n) is 5.42. The molecule has 0 saturated heterocycles. The largest absolute Gasteiger partial charge is 0.0656 e. The van der Waals surface area contributed by atoms with Gasteiger partial charge in [-0.2, -0.15) is 0 Å². The smallest absolute Gasteiger partial charge is 0.0158 e. The van der Waals surface area contributed by atoms with Gasteiger partial charge in [-0.1, -0.05) is 82.6 Å². The van der Waals surface area contributed by atoms with E-state index in [2.05, 4.69) is 76.2 Å². The highest BCUT2D eigenvalue weighted by atomic mass is 14.4. The van der Waals surface area contributed by atoms with Crippen LogP contribution in [0, 0.1) is 0 Å². The highest BCUT2D eigenvalue weighted by Crippen LogP contribution is 2.47. The average Bonchev–Trinajstić information content (AvgIpc) is 2.61. The molecule has 0 heteroatoms. The maximum absolute atomic E-state index is 2.30. The number of hydrogen-bond acceptors (Lipinski definition) is 0. The fraction of sp³-hybridized carbons (Fsp3) is 0.333. The molecule has 3 rings (SSSR count). The first-order valence-corrected chi connectivity index (χ1v) is 6.82. The Hall–Kier alpha value is -1.56. The van der Waals surface area contributed by atoms with Crippen molar-refractivity contribution in [1.82, 2.24) is 0 Å². The van der Waals surface area contributed by atoms with Gasteiger partial charge in [0.15, 0.2) is 0 Å². The highest BCUT2D eigenvalue weighted by molar-refractivity contribution is 5.80. The van der Waals surface area contributed by atoms with Crippen LogP contribution in [0.4, 0.5) is 0 Å². The van der Waals surface area contributed by atoms with Crippen molar-refractivity contribution >= 4 is 0 Å². The van der Waals surface area contributed by atoms with Gasteiger partial charge in [0.25, 0.3) is 0 Å². The topological polar surface area (TPSA) is 0 Å². The first-order chi connectivity index (χ1) is 8.62. The molecule has 0 heterocycles. The first kappa shape index (κ1) is 12.9. The molecule has 0 spiro atoms. The van der Waals surface area contributed by atoms with Gasteiger partial charge < -0.3 is 0 Å². The Labute approximate surface area is 111 Å². The normalized spacial score (nSPS) is 14.2. The molecule has 0 aromatic heterocycles. The van der Waals surface area contributed by atoms with Gasteiger partial charge in [0.05, 0.1) is 0 Å². The summed E-state index contributed by atoms with van der Waals surface area (Å²) < 4.78 is 0. The lowest BCUT2D eigenvalue weighted by Gasteiger charge is -2.20. The zero-order valence-electron chi connectivity index (χ0n) is 11.8. The Morgan fingerprint density at radius 3 is 1.44 bits per heavy atom. The summed E-state index contributed by atoms with van der Waals surface area (Å²) in [5.74, 6) is 0. The number of rotatable bonds is 0. The molecule has 0 nitrogen and oxygen atoms in total. The van der Waals surface area contributed by atoms with Crippen molar-refractivity contribution in [2.45, 2.75) is 39.5 Å². The summed E-state index contributed by atoms with van der Waals surface area (Å²) in [6, 6.07) is 17.4. The predicted octanol–water partition coefficient (Wildman–Crippen LogP) is 5.41. The van der Waals surface area contributed by atoms with Crippen LogP contribution in [0.1, 0.15) is 45.2 Å². The molecule has 0 unspecified atom stereocenters. The minimum atomic E-state index is 0.160. The molecule has 0 N–H and O–H groups in total. The molecule has 0 fully saturated rings. The van der Waals surface area contributed by atoms with Crippen molar-refractivity contribution in [2.24, 2.45) is 0 Å². The van der Waals surface area contributed by atoms with Crippen molar-refractivity contribution < 1.29 is 0 Å². The van der Waals surface area contributed by atoms with Gasteiger partial charge in [0.1, 0.15) is 0 Å². The summed E-state index contributed by atoms with van der Waals surface area (Å²) >= 11 is 0. The highest BCUT2D eigenvalue weighted by Gasteiger charge is 2.34. The van der Waals surface area contributed by atoms with Crippen molar-refractivity contribution in [3.05, 3.63) is 59.7 Å². The fourth-order valence-electron chi connectivity index (χ4n) is 2.67. The molecular formula is C18H22. The van der Waals surface area contributed by atoms with Crippen LogP contribution in [0.25, 0.3) is 11.1 Å². The van der Waals surface area contributed by atoms with Crippen molar-refractivity contribution in [1.29, 1.82) is 0 Å². The van der Waals surface area contributed by atoms with Crippen molar-refractivity contribution in [3.63, 3.8) is 0 Å². The zero-order valence-corrected chi connectivity index (χ0v) is 11.8. The van der Waals surface area contributed by atoms with Gasteiger partial charge in [-0.15, -0.1) is 0 Å². The quantitative estimate of drug-likeness (QED) is 0.575. The Morgan fingerprint density at radius 1 is 0.722 bits per heavy atom. The van der Waals surface area contributed by atoms with Crippen LogP contribution < -0.4 is 0 Å². The van der Waals surface area contributed by atoms with E-state index in [1.54, 1.807) is 0 Å². The Morgan fingerprint density at radius 2 is 1.06 bits per heavy atom. The molecule has 0 saturated carbocycles. The molecule has 0 radical (unpaired) electrons. The second kappa shape index (κ2) is 4.97. The SMILES string of the molecule is CC1(C)c2ccccc2-c2ccccc21.CCC. The molecule has 2 aromatic rings. The lowest BCUT2D eigenvalue weighted by atomic mass is 9.82. The Balaban J connectivity index is 0.000000367. The van der Waals surface area contributed by atoms with E-state index >= 15 is 0 Å². The first-order valence-electron chi connectivity index (χ1n) is 6.82. The lowest BCUT2D eigenvalue weighted by Crippen LogP contribution is -2.14. The second-order valence-corrected chi connectivity index (χ2v) is 5.42. The minimum Gasteiger partial charge on any atom is -0.0656 e. The summed E-state index contributed by atoms with van der Waals surface area (Å²) in [4.78, 5) is 0. The molecule has 0 bridgehead atoms. The third kappa shape index (κ3) is 1.96. The number of fused-ring (bicyclic) bond motifs is 3. The van der Waals surface area contributed by atoms with Crippen LogP contribution in [-0.2, 0) is 5.41 Å². The molecule has 1 aliphatic rings. The zero-order chi connectivity index (χ0) is 13.2. The van der Waals surface area contributed by atoms with Crippen LogP contribution in [0.3, 0.4) is 0 Å². The molecule has 94 valence electrons. The third-order valence-corrected chi connectivity index (χ3v) is 3.49. The number of hydrogen-bond donors (Lipinski definition) is 0. The van der Waals surface area contributed by atoms with Gasteiger partial charge in [-0.3, -0.25) is 0 Å². The fourth-order valence-corrected chi connectivity index (χ4v) is 2.67. The van der Waals surface area contributed by atoms with Gasteiger partial charge in [-0.25, -0.2) is 0 Å². The third-order valence-electron chi connectivity index (χ3n) is 3.49. The molecular weight excluding hydrogens is 216 g/mol. The van der Waals surface area contributed by atoms with Crippen LogP contribution in [0.5, 0.6) is 0 Å². The van der Waals surface area contributed by atoms with Gasteiger partial charge in [0, 0.05) is 5.41 Å². The van der Waals surface area contributed by atoms with Crippen LogP contribution in [0.15, 0.2) is 48.5 Å². The van der Waals surface area contributed by atoms with E-state index in [1.165, 1.54) is 28.7 Å². The standard InChI is InChI=1S/C15H14.C3H8/c1-15(2)13-9-5-3-7-11(13)12-8-4-6-10-14(12)15;1-3-2/h3-10H,1-2H3;3H2,1-2H3. The average molecular weight is 238 g/mol. The van der Waals surface area contributed by atoms with Crippen LogP contribution in [0.2, 0.25) is 0 Å². The van der Waals surface area contributed by atoms with Crippen LogP contribution in [-0.4, -0.2) is 0 Å². The number of benzene rings is 2.